The zero-order valence-electron chi connectivity index (χ0n) is 12.5. The molecule has 0 saturated heterocycles. The number of carbonyl (C=O) groups is 1. The number of ether oxygens (including phenoxy) is 1. The maximum absolute atomic E-state index is 11.6. The van der Waals surface area contributed by atoms with Crippen molar-refractivity contribution >= 4 is 24.8 Å². The van der Waals surface area contributed by atoms with E-state index in [1.165, 1.54) is 6.92 Å². The minimum atomic E-state index is -1.08. The van der Waals surface area contributed by atoms with Gasteiger partial charge >= 0.3 is 0 Å². The fourth-order valence-electron chi connectivity index (χ4n) is 1.92. The number of nitrogens with zero attached hydrogens (tertiary/aromatic N) is 3. The fraction of sp³-hybridized carbons (Fsp3) is 0.500. The molecule has 0 fully saturated rings. The molecule has 2 rings (SSSR count). The zero-order chi connectivity index (χ0) is 14.8. The average Bonchev–Trinajstić information content (AvgIpc) is 2.76. The van der Waals surface area contributed by atoms with Gasteiger partial charge in [-0.25, -0.2) is 4.68 Å². The van der Waals surface area contributed by atoms with E-state index in [2.05, 4.69) is 29.7 Å². The van der Waals surface area contributed by atoms with Gasteiger partial charge in [0.1, 0.15) is 17.9 Å². The minimum absolute atomic E-state index is 0.0561. The Balaban J connectivity index is 2.13. The molecule has 2 aromatic heterocycles. The van der Waals surface area contributed by atoms with Crippen LogP contribution in [0.4, 0.5) is 0 Å². The molecule has 0 radical (unpaired) electrons. The van der Waals surface area contributed by atoms with Gasteiger partial charge in [-0.05, 0) is 12.1 Å². The van der Waals surface area contributed by atoms with Crippen LogP contribution < -0.4 is 0 Å². The second-order valence-electron chi connectivity index (χ2n) is 6.15. The van der Waals surface area contributed by atoms with Gasteiger partial charge in [0.15, 0.2) is 5.78 Å². The summed E-state index contributed by atoms with van der Waals surface area (Å²) in [4.78, 5) is 15.8. The van der Waals surface area contributed by atoms with Crippen molar-refractivity contribution in [3.63, 3.8) is 0 Å². The largest absolute Gasteiger partial charge is 0.360 e. The monoisotopic (exact) mass is 291 g/mol. The van der Waals surface area contributed by atoms with Gasteiger partial charge in [-0.2, -0.15) is 5.10 Å². The highest BCUT2D eigenvalue weighted by molar-refractivity contribution is 6.76. The van der Waals surface area contributed by atoms with Crippen molar-refractivity contribution in [3.8, 4) is 0 Å². The first kappa shape index (κ1) is 14.9. The molecule has 6 heteroatoms. The third-order valence-electron chi connectivity index (χ3n) is 3.09. The van der Waals surface area contributed by atoms with Crippen LogP contribution in [0.5, 0.6) is 0 Å². The molecular weight excluding hydrogens is 270 g/mol. The molecule has 0 aliphatic heterocycles. The van der Waals surface area contributed by atoms with Crippen molar-refractivity contribution in [3.05, 3.63) is 24.2 Å². The molecule has 20 heavy (non-hydrogen) atoms. The molecule has 0 spiro atoms. The molecule has 0 N–H and O–H groups in total. The van der Waals surface area contributed by atoms with Crippen molar-refractivity contribution in [2.45, 2.75) is 39.3 Å². The summed E-state index contributed by atoms with van der Waals surface area (Å²) in [5.74, 6) is -0.0561. The van der Waals surface area contributed by atoms with Gasteiger partial charge in [0.2, 0.25) is 0 Å². The van der Waals surface area contributed by atoms with E-state index in [1.807, 2.05) is 6.07 Å². The van der Waals surface area contributed by atoms with Crippen LogP contribution in [-0.2, 0) is 11.5 Å². The fourth-order valence-corrected chi connectivity index (χ4v) is 2.68. The van der Waals surface area contributed by atoms with E-state index in [1.54, 1.807) is 17.1 Å². The van der Waals surface area contributed by atoms with E-state index < -0.39 is 8.07 Å². The highest BCUT2D eigenvalue weighted by Gasteiger charge is 2.14. The van der Waals surface area contributed by atoms with Gasteiger partial charge in [-0.3, -0.25) is 9.78 Å². The number of carbonyl (C=O) groups excluding carboxylic acids is 1. The second-order valence-corrected chi connectivity index (χ2v) is 11.8. The quantitative estimate of drug-likeness (QED) is 0.466. The summed E-state index contributed by atoms with van der Waals surface area (Å²) >= 11 is 0. The summed E-state index contributed by atoms with van der Waals surface area (Å²) in [6.07, 6.45) is 3.38. The summed E-state index contributed by atoms with van der Waals surface area (Å²) in [5.41, 5.74) is 1.21. The van der Waals surface area contributed by atoms with Crippen LogP contribution >= 0.6 is 0 Å². The lowest BCUT2D eigenvalue weighted by Gasteiger charge is -2.15. The molecule has 108 valence electrons. The summed E-state index contributed by atoms with van der Waals surface area (Å²) in [6.45, 7) is 9.56. The Morgan fingerprint density at radius 3 is 2.80 bits per heavy atom. The van der Waals surface area contributed by atoms with Gasteiger partial charge in [0, 0.05) is 33.2 Å². The third-order valence-corrected chi connectivity index (χ3v) is 4.80. The number of aromatic nitrogens is 3. The topological polar surface area (TPSA) is 57.0 Å². The lowest BCUT2D eigenvalue weighted by atomic mass is 10.2. The Morgan fingerprint density at radius 2 is 2.15 bits per heavy atom. The first-order chi connectivity index (χ1) is 9.38. The Bertz CT molecular complexity index is 616. The van der Waals surface area contributed by atoms with Crippen molar-refractivity contribution in [1.29, 1.82) is 0 Å². The number of rotatable bonds is 6. The van der Waals surface area contributed by atoms with E-state index in [4.69, 9.17) is 4.74 Å². The van der Waals surface area contributed by atoms with Crippen molar-refractivity contribution in [1.82, 2.24) is 14.8 Å². The molecule has 0 aliphatic rings. The predicted octanol–water partition coefficient (Wildman–Crippen LogP) is 2.95. The molecule has 0 aliphatic carbocycles. The SMILES string of the molecule is CC(=O)c1nccc2cnn(COCC[Si](C)(C)C)c12. The van der Waals surface area contributed by atoms with Gasteiger partial charge in [-0.15, -0.1) is 0 Å². The molecule has 0 unspecified atom stereocenters. The summed E-state index contributed by atoms with van der Waals surface area (Å²) in [7, 11) is -1.08. The standard InChI is InChI=1S/C14H21N3O2Si/c1-11(18)13-14-12(5-6-15-13)9-16-17(14)10-19-7-8-20(2,3)4/h5-6,9H,7-8,10H2,1-4H3. The maximum atomic E-state index is 11.6. The van der Waals surface area contributed by atoms with E-state index >= 15 is 0 Å². The molecule has 0 saturated carbocycles. The van der Waals surface area contributed by atoms with Crippen LogP contribution in [0.25, 0.3) is 10.9 Å². The van der Waals surface area contributed by atoms with E-state index in [0.29, 0.717) is 12.4 Å². The molecule has 0 aromatic carbocycles. The minimum Gasteiger partial charge on any atom is -0.360 e. The molecular formula is C14H21N3O2Si. The van der Waals surface area contributed by atoms with Gasteiger partial charge in [0.05, 0.1) is 6.20 Å². The Kier molecular flexibility index (Phi) is 4.34. The number of Topliss-reactive ketones (excluding diaryl/α,β-unsaturated/α-hetero) is 1. The van der Waals surface area contributed by atoms with Crippen LogP contribution in [0.2, 0.25) is 25.7 Å². The van der Waals surface area contributed by atoms with Crippen LogP contribution in [-0.4, -0.2) is 35.2 Å². The number of pyridine rings is 1. The lowest BCUT2D eigenvalue weighted by molar-refractivity contribution is 0.0814. The zero-order valence-corrected chi connectivity index (χ0v) is 13.5. The van der Waals surface area contributed by atoms with Gasteiger partial charge < -0.3 is 4.74 Å². The molecule has 0 bridgehead atoms. The molecule has 5 nitrogen and oxygen atoms in total. The molecule has 2 heterocycles. The number of ketones is 1. The second kappa shape index (κ2) is 5.84. The normalized spacial score (nSPS) is 12.0. The van der Waals surface area contributed by atoms with Crippen molar-refractivity contribution < 1.29 is 9.53 Å². The van der Waals surface area contributed by atoms with Gasteiger partial charge in [-0.1, -0.05) is 19.6 Å². The third kappa shape index (κ3) is 3.52. The predicted molar refractivity (Wildman–Crippen MR) is 81.6 cm³/mol. The van der Waals surface area contributed by atoms with Gasteiger partial charge in [0.25, 0.3) is 0 Å². The van der Waals surface area contributed by atoms with Crippen LogP contribution in [0.15, 0.2) is 18.5 Å². The number of hydrogen-bond donors (Lipinski definition) is 0. The first-order valence-electron chi connectivity index (χ1n) is 6.78. The number of hydrogen-bond acceptors (Lipinski definition) is 4. The Labute approximate surface area is 120 Å². The average molecular weight is 291 g/mol. The highest BCUT2D eigenvalue weighted by atomic mass is 28.3. The van der Waals surface area contributed by atoms with E-state index in [9.17, 15) is 4.79 Å². The molecule has 0 atom stereocenters. The van der Waals surface area contributed by atoms with Crippen molar-refractivity contribution in [2.75, 3.05) is 6.61 Å². The Morgan fingerprint density at radius 1 is 1.40 bits per heavy atom. The smallest absolute Gasteiger partial charge is 0.180 e. The lowest BCUT2D eigenvalue weighted by Crippen LogP contribution is -2.22. The van der Waals surface area contributed by atoms with E-state index in [0.717, 1.165) is 23.6 Å². The summed E-state index contributed by atoms with van der Waals surface area (Å²) in [6, 6.07) is 2.97. The Hall–Kier alpha value is -1.53. The van der Waals surface area contributed by atoms with E-state index in [-0.39, 0.29) is 5.78 Å². The first-order valence-corrected chi connectivity index (χ1v) is 10.5. The maximum Gasteiger partial charge on any atom is 0.180 e. The number of fused-ring (bicyclic) bond motifs is 1. The van der Waals surface area contributed by atoms with Crippen LogP contribution in [0, 0.1) is 0 Å². The molecule has 0 amide bonds. The van der Waals surface area contributed by atoms with Crippen LogP contribution in [0.1, 0.15) is 17.4 Å². The van der Waals surface area contributed by atoms with Crippen molar-refractivity contribution in [2.24, 2.45) is 0 Å². The highest BCUT2D eigenvalue weighted by Crippen LogP contribution is 2.17. The summed E-state index contributed by atoms with van der Waals surface area (Å²) in [5, 5.41) is 5.20. The van der Waals surface area contributed by atoms with Crippen LogP contribution in [0.3, 0.4) is 0 Å². The summed E-state index contributed by atoms with van der Waals surface area (Å²) < 4.78 is 7.40. The molecule has 2 aromatic rings.